The quantitative estimate of drug-likeness (QED) is 0.222. The standard InChI is InChI=1S/C28H39N2.C5H4ClN.2ClH.Pd/c1-19(2)23-11-9-12-24(20(3)4)27(17-23)29-15-16-30(18-29)28-25(21(5)6)13-10-14-26(28)22(7)8;6-5-2-1-3-7-4-5;;;/h9-22,27H,1-8H3;1-4H;2*1H;/q-1;;;;+2/p-2. The molecule has 222 valence electrons. The maximum atomic E-state index is 5.48. The number of rotatable bonds is 6. The third kappa shape index (κ3) is 10.1. The minimum atomic E-state index is -0.106. The van der Waals surface area contributed by atoms with Crippen LogP contribution in [0.3, 0.4) is 0 Å². The zero-order valence-corrected chi connectivity index (χ0v) is 28.6. The molecule has 0 radical (unpaired) electrons. The molecule has 0 saturated carbocycles. The van der Waals surface area contributed by atoms with Crippen molar-refractivity contribution in [1.29, 1.82) is 0 Å². The van der Waals surface area contributed by atoms with Crippen molar-refractivity contribution < 1.29 is 15.9 Å². The molecular formula is C33H43Cl3N3Pd-. The fourth-order valence-electron chi connectivity index (χ4n) is 4.70. The van der Waals surface area contributed by atoms with Crippen molar-refractivity contribution in [2.24, 2.45) is 11.8 Å². The first-order valence-electron chi connectivity index (χ1n) is 13.7. The Hall–Kier alpha value is -1.54. The average molecular weight is 695 g/mol. The molecule has 0 amide bonds. The van der Waals surface area contributed by atoms with E-state index >= 15 is 0 Å². The molecule has 2 aromatic rings. The monoisotopic (exact) mass is 692 g/mol. The minimum absolute atomic E-state index is 0.106. The van der Waals surface area contributed by atoms with Gasteiger partial charge in [-0.25, -0.2) is 0 Å². The molecule has 0 fully saturated rings. The van der Waals surface area contributed by atoms with E-state index in [-0.39, 0.29) is 22.0 Å². The van der Waals surface area contributed by atoms with Crippen LogP contribution in [0.15, 0.2) is 90.6 Å². The molecule has 1 aliphatic heterocycles. The van der Waals surface area contributed by atoms with Gasteiger partial charge >= 0.3 is 35.0 Å². The van der Waals surface area contributed by atoms with Gasteiger partial charge in [0.1, 0.15) is 0 Å². The second-order valence-corrected chi connectivity index (χ2v) is 13.8. The maximum absolute atomic E-state index is 5.48. The number of allylic oxidation sites excluding steroid dienone is 4. The first-order chi connectivity index (χ1) is 19.0. The molecule has 1 unspecified atom stereocenters. The van der Waals surface area contributed by atoms with Crippen molar-refractivity contribution in [3.8, 4) is 0 Å². The normalized spacial score (nSPS) is 16.6. The summed E-state index contributed by atoms with van der Waals surface area (Å²) in [6.45, 7) is 20.6. The Morgan fingerprint density at radius 1 is 0.850 bits per heavy atom. The number of hydrogen-bond donors (Lipinski definition) is 0. The van der Waals surface area contributed by atoms with E-state index in [2.05, 4.69) is 132 Å². The number of nitrogens with zero attached hydrogens (tertiary/aromatic N) is 3. The Morgan fingerprint density at radius 3 is 1.93 bits per heavy atom. The van der Waals surface area contributed by atoms with Gasteiger partial charge in [-0.1, -0.05) is 109 Å². The third-order valence-corrected chi connectivity index (χ3v) is 7.03. The van der Waals surface area contributed by atoms with Gasteiger partial charge < -0.3 is 9.80 Å². The molecule has 2 heterocycles. The Labute approximate surface area is 264 Å². The second kappa shape index (κ2) is 17.4. The SMILES string of the molecule is CC(C)C1=CC(N2C=CN(c3c(C(C)C)cccc3C(C)C)[CH-]2)C(C(C)C)=CC=C1.Clc1cccnc1.[Cl][Pd][Cl]. The summed E-state index contributed by atoms with van der Waals surface area (Å²) in [6, 6.07) is 10.6. The topological polar surface area (TPSA) is 19.4 Å². The van der Waals surface area contributed by atoms with Gasteiger partial charge in [0, 0.05) is 24.1 Å². The fraction of sp³-hybridized carbons (Fsp3) is 0.394. The van der Waals surface area contributed by atoms with E-state index in [1.807, 2.05) is 0 Å². The molecule has 7 heteroatoms. The van der Waals surface area contributed by atoms with Crippen LogP contribution in [0.25, 0.3) is 0 Å². The van der Waals surface area contributed by atoms with Crippen molar-refractivity contribution in [1.82, 2.24) is 9.88 Å². The van der Waals surface area contributed by atoms with Crippen LogP contribution in [0.1, 0.15) is 78.4 Å². The van der Waals surface area contributed by atoms with Gasteiger partial charge in [-0.3, -0.25) is 4.98 Å². The molecule has 0 spiro atoms. The van der Waals surface area contributed by atoms with Gasteiger partial charge in [0.05, 0.1) is 5.02 Å². The zero-order valence-electron chi connectivity index (χ0n) is 24.8. The van der Waals surface area contributed by atoms with Crippen LogP contribution in [-0.4, -0.2) is 15.9 Å². The van der Waals surface area contributed by atoms with E-state index in [4.69, 9.17) is 30.7 Å². The molecule has 0 N–H and O–H groups in total. The molecule has 1 aromatic heterocycles. The summed E-state index contributed by atoms with van der Waals surface area (Å²) in [5.74, 6) is 1.97. The van der Waals surface area contributed by atoms with Crippen molar-refractivity contribution >= 4 is 36.3 Å². The van der Waals surface area contributed by atoms with E-state index in [0.29, 0.717) is 28.7 Å². The summed E-state index contributed by atoms with van der Waals surface area (Å²) < 4.78 is 0. The predicted molar refractivity (Wildman–Crippen MR) is 172 cm³/mol. The van der Waals surface area contributed by atoms with E-state index in [9.17, 15) is 0 Å². The fourth-order valence-corrected chi connectivity index (χ4v) is 4.83. The molecule has 1 atom stereocenters. The molecular weight excluding hydrogens is 651 g/mol. The van der Waals surface area contributed by atoms with Crippen molar-refractivity contribution in [3.05, 3.63) is 113 Å². The molecule has 0 saturated heterocycles. The van der Waals surface area contributed by atoms with E-state index in [1.54, 1.807) is 24.5 Å². The van der Waals surface area contributed by atoms with Crippen molar-refractivity contribution in [2.45, 2.75) is 73.3 Å². The van der Waals surface area contributed by atoms with Crippen LogP contribution in [0, 0.1) is 18.5 Å². The Balaban J connectivity index is 0.000000474. The van der Waals surface area contributed by atoms with Gasteiger partial charge in [-0.2, -0.15) is 6.67 Å². The summed E-state index contributed by atoms with van der Waals surface area (Å²) in [5, 5.41) is 0.683. The molecule has 3 nitrogen and oxygen atoms in total. The number of aromatic nitrogens is 1. The molecule has 2 aliphatic rings. The molecule has 4 rings (SSSR count). The van der Waals surface area contributed by atoms with Gasteiger partial charge in [-0.15, -0.1) is 0 Å². The number of anilines is 1. The number of para-hydroxylation sites is 1. The zero-order chi connectivity index (χ0) is 29.8. The van der Waals surface area contributed by atoms with E-state index < -0.39 is 0 Å². The van der Waals surface area contributed by atoms with Crippen LogP contribution < -0.4 is 4.90 Å². The molecule has 40 heavy (non-hydrogen) atoms. The first-order valence-corrected chi connectivity index (χ1v) is 18.1. The second-order valence-electron chi connectivity index (χ2n) is 11.0. The van der Waals surface area contributed by atoms with Crippen LogP contribution in [0.5, 0.6) is 0 Å². The van der Waals surface area contributed by atoms with E-state index in [0.717, 1.165) is 0 Å². The van der Waals surface area contributed by atoms with Gasteiger partial charge in [-0.05, 0) is 70.5 Å². The first kappa shape index (κ1) is 34.7. The van der Waals surface area contributed by atoms with E-state index in [1.165, 1.54) is 28.0 Å². The van der Waals surface area contributed by atoms with Crippen LogP contribution >= 0.6 is 30.7 Å². The Bertz CT molecular complexity index is 1140. The average Bonchev–Trinajstić information content (AvgIpc) is 3.27. The number of pyridine rings is 1. The van der Waals surface area contributed by atoms with Crippen LogP contribution in [-0.2, 0) is 15.9 Å². The molecule has 1 aliphatic carbocycles. The molecule has 1 aromatic carbocycles. The van der Waals surface area contributed by atoms with Gasteiger partial charge in [0.2, 0.25) is 0 Å². The van der Waals surface area contributed by atoms with Gasteiger partial charge in [0.25, 0.3) is 0 Å². The summed E-state index contributed by atoms with van der Waals surface area (Å²) in [7, 11) is 9.63. The number of hydrogen-bond acceptors (Lipinski definition) is 3. The van der Waals surface area contributed by atoms with Crippen LogP contribution in [0.2, 0.25) is 5.02 Å². The molecule has 0 bridgehead atoms. The summed E-state index contributed by atoms with van der Waals surface area (Å²) >= 11 is 5.37. The third-order valence-electron chi connectivity index (χ3n) is 6.81. The Kier molecular flexibility index (Phi) is 15.1. The van der Waals surface area contributed by atoms with Crippen LogP contribution in [0.4, 0.5) is 5.69 Å². The number of halogens is 3. The summed E-state index contributed by atoms with van der Waals surface area (Å²) in [4.78, 5) is 8.47. The predicted octanol–water partition coefficient (Wildman–Crippen LogP) is 10.9. The van der Waals surface area contributed by atoms with Crippen molar-refractivity contribution in [2.75, 3.05) is 4.90 Å². The Morgan fingerprint density at radius 2 is 1.48 bits per heavy atom. The summed E-state index contributed by atoms with van der Waals surface area (Å²) in [5.41, 5.74) is 7.01. The van der Waals surface area contributed by atoms with Gasteiger partial charge in [0.15, 0.2) is 0 Å². The number of benzene rings is 1. The van der Waals surface area contributed by atoms with Crippen molar-refractivity contribution in [3.63, 3.8) is 0 Å². The summed E-state index contributed by atoms with van der Waals surface area (Å²) in [6.07, 6.45) is 17.0.